The Bertz CT molecular complexity index is 1120. The number of nitrogens with one attached hydrogen (secondary N) is 1. The van der Waals surface area contributed by atoms with E-state index in [4.69, 9.17) is 0 Å². The highest BCUT2D eigenvalue weighted by Crippen LogP contribution is 2.31. The summed E-state index contributed by atoms with van der Waals surface area (Å²) in [6, 6.07) is 5.57. The van der Waals surface area contributed by atoms with Crippen LogP contribution in [0.5, 0.6) is 0 Å². The molecule has 31 heavy (non-hydrogen) atoms. The van der Waals surface area contributed by atoms with Crippen molar-refractivity contribution >= 4 is 44.2 Å². The lowest BCUT2D eigenvalue weighted by Crippen LogP contribution is -2.42. The number of anilines is 2. The maximum Gasteiger partial charge on any atom is 0.281 e. The first kappa shape index (κ1) is 21.8. The molecule has 0 bridgehead atoms. The Kier molecular flexibility index (Phi) is 5.81. The molecular formula is C19H22FN5O4S2. The highest BCUT2D eigenvalue weighted by Gasteiger charge is 2.36. The fourth-order valence-electron chi connectivity index (χ4n) is 3.61. The van der Waals surface area contributed by atoms with E-state index in [0.29, 0.717) is 23.8 Å². The third-order valence-corrected chi connectivity index (χ3v) is 8.23. The number of benzene rings is 1. The number of thiazole rings is 1. The molecule has 1 fully saturated rings. The largest absolute Gasteiger partial charge is 0.312 e. The van der Waals surface area contributed by atoms with Crippen molar-refractivity contribution in [2.75, 3.05) is 37.4 Å². The average molecular weight is 468 g/mol. The van der Waals surface area contributed by atoms with E-state index in [-0.39, 0.29) is 31.3 Å². The number of nitrogens with zero attached hydrogens (tertiary/aromatic N) is 4. The number of amides is 2. The van der Waals surface area contributed by atoms with E-state index in [1.54, 1.807) is 0 Å². The van der Waals surface area contributed by atoms with E-state index in [2.05, 4.69) is 10.3 Å². The van der Waals surface area contributed by atoms with Gasteiger partial charge in [0.05, 0.1) is 18.2 Å². The average Bonchev–Trinajstić information content (AvgIpc) is 3.30. The first-order valence-electron chi connectivity index (χ1n) is 9.68. The minimum absolute atomic E-state index is 0.0587. The standard InChI is InChI=1S/C19H22FN5O4S2/c1-23(2)31(28,29)24-8-7-15-16(11-24)30-19(21-15)22-18(27)12-9-17(26)25(10-12)14-5-3-13(20)4-6-14/h3-6,12H,7-11H2,1-2H3,(H,21,22,27). The second-order valence-corrected chi connectivity index (χ2v) is 10.9. The van der Waals surface area contributed by atoms with E-state index < -0.39 is 21.9 Å². The smallest absolute Gasteiger partial charge is 0.281 e. The Morgan fingerprint density at radius 3 is 2.68 bits per heavy atom. The van der Waals surface area contributed by atoms with Gasteiger partial charge in [-0.3, -0.25) is 9.59 Å². The molecule has 0 aliphatic carbocycles. The fourth-order valence-corrected chi connectivity index (χ4v) is 5.80. The van der Waals surface area contributed by atoms with E-state index in [0.717, 1.165) is 10.6 Å². The molecule has 1 aromatic heterocycles. The van der Waals surface area contributed by atoms with Crippen molar-refractivity contribution in [2.45, 2.75) is 19.4 Å². The maximum atomic E-state index is 13.1. The Hall–Kier alpha value is -2.41. The second-order valence-electron chi connectivity index (χ2n) is 7.63. The highest BCUT2D eigenvalue weighted by atomic mass is 32.2. The zero-order chi connectivity index (χ0) is 22.3. The normalized spacial score (nSPS) is 19.7. The van der Waals surface area contributed by atoms with Crippen LogP contribution in [0.15, 0.2) is 24.3 Å². The second kappa shape index (κ2) is 8.26. The van der Waals surface area contributed by atoms with Crippen LogP contribution in [0.25, 0.3) is 0 Å². The van der Waals surface area contributed by atoms with Crippen LogP contribution in [0.1, 0.15) is 17.0 Å². The number of carbonyl (C=O) groups is 2. The summed E-state index contributed by atoms with van der Waals surface area (Å²) in [7, 11) is -0.544. The van der Waals surface area contributed by atoms with Crippen molar-refractivity contribution in [3.05, 3.63) is 40.7 Å². The van der Waals surface area contributed by atoms with Gasteiger partial charge in [-0.05, 0) is 24.3 Å². The number of hydrogen-bond acceptors (Lipinski definition) is 6. The molecule has 9 nitrogen and oxygen atoms in total. The quantitative estimate of drug-likeness (QED) is 0.717. The van der Waals surface area contributed by atoms with E-state index in [1.165, 1.54) is 63.2 Å². The summed E-state index contributed by atoms with van der Waals surface area (Å²) in [4.78, 5) is 31.8. The Morgan fingerprint density at radius 2 is 2.00 bits per heavy atom. The molecule has 0 radical (unpaired) electrons. The molecule has 12 heteroatoms. The predicted octanol–water partition coefficient (Wildman–Crippen LogP) is 1.44. The van der Waals surface area contributed by atoms with Crippen LogP contribution >= 0.6 is 11.3 Å². The van der Waals surface area contributed by atoms with Gasteiger partial charge in [0.2, 0.25) is 11.8 Å². The number of carbonyl (C=O) groups excluding carboxylic acids is 2. The zero-order valence-corrected chi connectivity index (χ0v) is 18.7. The molecule has 0 saturated carbocycles. The van der Waals surface area contributed by atoms with Gasteiger partial charge >= 0.3 is 0 Å². The topological polar surface area (TPSA) is 103 Å². The van der Waals surface area contributed by atoms with Crippen molar-refractivity contribution in [1.29, 1.82) is 0 Å². The van der Waals surface area contributed by atoms with Crippen molar-refractivity contribution in [3.8, 4) is 0 Å². The van der Waals surface area contributed by atoms with E-state index in [1.807, 2.05) is 0 Å². The van der Waals surface area contributed by atoms with Crippen molar-refractivity contribution in [2.24, 2.45) is 5.92 Å². The number of halogens is 1. The zero-order valence-electron chi connectivity index (χ0n) is 17.0. The molecule has 2 amide bonds. The van der Waals surface area contributed by atoms with Gasteiger partial charge < -0.3 is 10.2 Å². The van der Waals surface area contributed by atoms with Gasteiger partial charge in [-0.1, -0.05) is 0 Å². The maximum absolute atomic E-state index is 13.1. The molecule has 2 aromatic rings. The van der Waals surface area contributed by atoms with Gasteiger partial charge in [-0.2, -0.15) is 17.0 Å². The molecule has 0 spiro atoms. The number of rotatable bonds is 5. The SMILES string of the molecule is CN(C)S(=O)(=O)N1CCc2nc(NC(=O)C3CC(=O)N(c4ccc(F)cc4)C3)sc2C1. The van der Waals surface area contributed by atoms with Crippen LogP contribution in [0.4, 0.5) is 15.2 Å². The molecule has 1 aromatic carbocycles. The summed E-state index contributed by atoms with van der Waals surface area (Å²) in [5.74, 6) is -1.46. The summed E-state index contributed by atoms with van der Waals surface area (Å²) in [6.45, 7) is 0.744. The molecule has 4 rings (SSSR count). The van der Waals surface area contributed by atoms with Crippen molar-refractivity contribution in [1.82, 2.24) is 13.6 Å². The van der Waals surface area contributed by atoms with Crippen molar-refractivity contribution in [3.63, 3.8) is 0 Å². The highest BCUT2D eigenvalue weighted by molar-refractivity contribution is 7.86. The number of aromatic nitrogens is 1. The lowest BCUT2D eigenvalue weighted by Gasteiger charge is -2.27. The molecule has 1 atom stereocenters. The van der Waals surface area contributed by atoms with Gasteiger partial charge in [-0.15, -0.1) is 11.3 Å². The molecule has 166 valence electrons. The molecule has 2 aliphatic heterocycles. The summed E-state index contributed by atoms with van der Waals surface area (Å²) >= 11 is 1.25. The fraction of sp³-hybridized carbons (Fsp3) is 0.421. The van der Waals surface area contributed by atoms with E-state index >= 15 is 0 Å². The van der Waals surface area contributed by atoms with Crippen LogP contribution in [0, 0.1) is 11.7 Å². The lowest BCUT2D eigenvalue weighted by molar-refractivity contribution is -0.122. The Labute approximate surface area is 183 Å². The van der Waals surface area contributed by atoms with Crippen molar-refractivity contribution < 1.29 is 22.4 Å². The lowest BCUT2D eigenvalue weighted by atomic mass is 10.1. The van der Waals surface area contributed by atoms with Crippen LogP contribution in [-0.2, 0) is 32.8 Å². The summed E-state index contributed by atoms with van der Waals surface area (Å²) in [5, 5.41) is 3.17. The van der Waals surface area contributed by atoms with Gasteiger partial charge in [-0.25, -0.2) is 9.37 Å². The van der Waals surface area contributed by atoms with Crippen LogP contribution in [0.3, 0.4) is 0 Å². The molecular weight excluding hydrogens is 445 g/mol. The Balaban J connectivity index is 1.42. The minimum atomic E-state index is -3.52. The first-order chi connectivity index (χ1) is 14.6. The van der Waals surface area contributed by atoms with Gasteiger partial charge in [0.25, 0.3) is 10.2 Å². The minimum Gasteiger partial charge on any atom is -0.312 e. The molecule has 1 N–H and O–H groups in total. The summed E-state index contributed by atoms with van der Waals surface area (Å²) in [6.07, 6.45) is 0.526. The molecule has 3 heterocycles. The van der Waals surface area contributed by atoms with Crippen LogP contribution in [-0.4, -0.2) is 61.0 Å². The molecule has 1 saturated heterocycles. The predicted molar refractivity (Wildman–Crippen MR) is 114 cm³/mol. The third kappa shape index (κ3) is 4.33. The van der Waals surface area contributed by atoms with Gasteiger partial charge in [0.1, 0.15) is 5.82 Å². The number of fused-ring (bicyclic) bond motifs is 1. The Morgan fingerprint density at radius 1 is 1.29 bits per heavy atom. The van der Waals surface area contributed by atoms with E-state index in [9.17, 15) is 22.4 Å². The monoisotopic (exact) mass is 467 g/mol. The molecule has 2 aliphatic rings. The summed E-state index contributed by atoms with van der Waals surface area (Å²) in [5.41, 5.74) is 1.33. The number of hydrogen-bond donors (Lipinski definition) is 1. The van der Waals surface area contributed by atoms with Gasteiger partial charge in [0, 0.05) is 50.6 Å². The summed E-state index contributed by atoms with van der Waals surface area (Å²) < 4.78 is 40.4. The first-order valence-corrected chi connectivity index (χ1v) is 11.9. The van der Waals surface area contributed by atoms with Crippen LogP contribution in [0.2, 0.25) is 0 Å². The third-order valence-electron chi connectivity index (χ3n) is 5.35. The van der Waals surface area contributed by atoms with Gasteiger partial charge in [0.15, 0.2) is 5.13 Å². The van der Waals surface area contributed by atoms with Crippen LogP contribution < -0.4 is 10.2 Å². The molecule has 1 unspecified atom stereocenters.